The Morgan fingerprint density at radius 3 is 2.76 bits per heavy atom. The predicted molar refractivity (Wildman–Crippen MR) is 66.7 cm³/mol. The van der Waals surface area contributed by atoms with E-state index in [1.54, 1.807) is 23.5 Å². The molecule has 84 valence electrons. The molecule has 0 N–H and O–H groups in total. The molecular formula is C13H10N2OS. The van der Waals surface area contributed by atoms with Crippen molar-refractivity contribution >= 4 is 17.6 Å². The van der Waals surface area contributed by atoms with Gasteiger partial charge in [-0.05, 0) is 18.6 Å². The Labute approximate surface area is 103 Å². The molecule has 0 aliphatic carbocycles. The zero-order chi connectivity index (χ0) is 12.1. The van der Waals surface area contributed by atoms with Gasteiger partial charge in [-0.15, -0.1) is 11.3 Å². The lowest BCUT2D eigenvalue weighted by atomic mass is 10.1. The van der Waals surface area contributed by atoms with Crippen LogP contribution in [-0.2, 0) is 11.2 Å². The van der Waals surface area contributed by atoms with Crippen molar-refractivity contribution in [1.82, 2.24) is 4.98 Å². The van der Waals surface area contributed by atoms with Gasteiger partial charge in [-0.3, -0.25) is 0 Å². The fourth-order valence-corrected chi connectivity index (χ4v) is 2.31. The van der Waals surface area contributed by atoms with Crippen LogP contribution in [-0.4, -0.2) is 11.3 Å². The van der Waals surface area contributed by atoms with Crippen molar-refractivity contribution in [2.45, 2.75) is 12.8 Å². The van der Waals surface area contributed by atoms with E-state index in [0.717, 1.165) is 22.6 Å². The minimum Gasteiger partial charge on any atom is -0.303 e. The first kappa shape index (κ1) is 11.5. The van der Waals surface area contributed by atoms with Crippen LogP contribution in [0.3, 0.4) is 0 Å². The van der Waals surface area contributed by atoms with Crippen molar-refractivity contribution in [1.29, 1.82) is 5.26 Å². The Bertz CT molecular complexity index is 552. The first-order valence-corrected chi connectivity index (χ1v) is 6.10. The third-order valence-corrected chi connectivity index (χ3v) is 3.27. The molecule has 2 rings (SSSR count). The third-order valence-electron chi connectivity index (χ3n) is 2.33. The van der Waals surface area contributed by atoms with E-state index < -0.39 is 0 Å². The van der Waals surface area contributed by atoms with Crippen molar-refractivity contribution in [3.63, 3.8) is 0 Å². The number of hydrogen-bond acceptors (Lipinski definition) is 4. The van der Waals surface area contributed by atoms with Gasteiger partial charge in [0.2, 0.25) is 0 Å². The molecule has 0 saturated carbocycles. The molecular weight excluding hydrogens is 232 g/mol. The van der Waals surface area contributed by atoms with Crippen LogP contribution < -0.4 is 0 Å². The molecule has 0 radical (unpaired) electrons. The summed E-state index contributed by atoms with van der Waals surface area (Å²) < 4.78 is 0. The molecule has 1 aromatic carbocycles. The summed E-state index contributed by atoms with van der Waals surface area (Å²) in [7, 11) is 0. The molecule has 3 nitrogen and oxygen atoms in total. The molecule has 0 amide bonds. The second-order valence-electron chi connectivity index (χ2n) is 3.54. The number of hydrogen-bond donors (Lipinski definition) is 0. The van der Waals surface area contributed by atoms with E-state index >= 15 is 0 Å². The number of aromatic nitrogens is 1. The van der Waals surface area contributed by atoms with Crippen LogP contribution in [0.25, 0.3) is 10.6 Å². The summed E-state index contributed by atoms with van der Waals surface area (Å²) in [4.78, 5) is 14.7. The van der Waals surface area contributed by atoms with Gasteiger partial charge in [0.15, 0.2) is 0 Å². The van der Waals surface area contributed by atoms with Crippen molar-refractivity contribution in [3.05, 3.63) is 40.9 Å². The Kier molecular flexibility index (Phi) is 3.63. The lowest BCUT2D eigenvalue weighted by molar-refractivity contribution is -0.107. The van der Waals surface area contributed by atoms with Crippen LogP contribution >= 0.6 is 11.3 Å². The molecule has 1 heterocycles. The molecule has 0 bridgehead atoms. The van der Waals surface area contributed by atoms with Crippen molar-refractivity contribution in [2.75, 3.05) is 0 Å². The van der Waals surface area contributed by atoms with Gasteiger partial charge in [0.05, 0.1) is 17.3 Å². The summed E-state index contributed by atoms with van der Waals surface area (Å²) >= 11 is 1.56. The molecule has 0 aliphatic heterocycles. The van der Waals surface area contributed by atoms with E-state index in [-0.39, 0.29) is 0 Å². The number of nitriles is 1. The van der Waals surface area contributed by atoms with E-state index in [9.17, 15) is 4.79 Å². The molecule has 0 saturated heterocycles. The summed E-state index contributed by atoms with van der Waals surface area (Å²) in [6.07, 6.45) is 2.10. The van der Waals surface area contributed by atoms with Gasteiger partial charge in [-0.2, -0.15) is 5.26 Å². The van der Waals surface area contributed by atoms with Crippen molar-refractivity contribution in [2.24, 2.45) is 0 Å². The van der Waals surface area contributed by atoms with Gasteiger partial charge in [0, 0.05) is 17.4 Å². The van der Waals surface area contributed by atoms with Crippen molar-refractivity contribution in [3.8, 4) is 16.6 Å². The first-order valence-electron chi connectivity index (χ1n) is 5.22. The molecule has 0 unspecified atom stereocenters. The maximum Gasteiger partial charge on any atom is 0.123 e. The summed E-state index contributed by atoms with van der Waals surface area (Å²) in [6, 6.07) is 9.42. The third kappa shape index (κ3) is 2.77. The van der Waals surface area contributed by atoms with Crippen LogP contribution in [0.15, 0.2) is 29.6 Å². The standard InChI is InChI=1S/C13H10N2OS/c14-8-10-3-5-11(6-4-10)13-15-12(9-17-13)2-1-7-16/h3-7,9H,1-2H2. The Morgan fingerprint density at radius 2 is 2.12 bits per heavy atom. The van der Waals surface area contributed by atoms with E-state index in [2.05, 4.69) is 11.1 Å². The van der Waals surface area contributed by atoms with Crippen LogP contribution in [0.2, 0.25) is 0 Å². The quantitative estimate of drug-likeness (QED) is 0.775. The van der Waals surface area contributed by atoms with Gasteiger partial charge >= 0.3 is 0 Å². The van der Waals surface area contributed by atoms with Crippen LogP contribution in [0.5, 0.6) is 0 Å². The SMILES string of the molecule is N#Cc1ccc(-c2nc(CCC=O)cs2)cc1. The van der Waals surface area contributed by atoms with Crippen LogP contribution in [0.1, 0.15) is 17.7 Å². The number of aryl methyl sites for hydroxylation is 1. The number of rotatable bonds is 4. The predicted octanol–water partition coefficient (Wildman–Crippen LogP) is 2.81. The number of carbonyl (C=O) groups excluding carboxylic acids is 1. The zero-order valence-corrected chi connectivity index (χ0v) is 9.91. The van der Waals surface area contributed by atoms with Crippen LogP contribution in [0, 0.1) is 11.3 Å². The Balaban J connectivity index is 2.18. The lowest BCUT2D eigenvalue weighted by Crippen LogP contribution is -1.86. The van der Waals surface area contributed by atoms with Gasteiger partial charge in [0.25, 0.3) is 0 Å². The maximum atomic E-state index is 10.3. The monoisotopic (exact) mass is 242 g/mol. The topological polar surface area (TPSA) is 53.8 Å². The summed E-state index contributed by atoms with van der Waals surface area (Å²) in [5.41, 5.74) is 2.60. The fraction of sp³-hybridized carbons (Fsp3) is 0.154. The average molecular weight is 242 g/mol. The largest absolute Gasteiger partial charge is 0.303 e. The van der Waals surface area contributed by atoms with Crippen molar-refractivity contribution < 1.29 is 4.79 Å². The first-order chi connectivity index (χ1) is 8.33. The van der Waals surface area contributed by atoms with E-state index in [1.165, 1.54) is 0 Å². The molecule has 0 spiro atoms. The highest BCUT2D eigenvalue weighted by atomic mass is 32.1. The Morgan fingerprint density at radius 1 is 1.35 bits per heavy atom. The van der Waals surface area contributed by atoms with Gasteiger partial charge in [-0.25, -0.2) is 4.98 Å². The second-order valence-corrected chi connectivity index (χ2v) is 4.40. The Hall–Kier alpha value is -1.99. The highest BCUT2D eigenvalue weighted by Gasteiger charge is 2.04. The van der Waals surface area contributed by atoms with Gasteiger partial charge < -0.3 is 4.79 Å². The normalized spacial score (nSPS) is 9.82. The summed E-state index contributed by atoms with van der Waals surface area (Å²) in [6.45, 7) is 0. The van der Waals surface area contributed by atoms with Gasteiger partial charge in [0.1, 0.15) is 11.3 Å². The number of thiazole rings is 1. The number of benzene rings is 1. The number of aldehydes is 1. The molecule has 17 heavy (non-hydrogen) atoms. The minimum absolute atomic E-state index is 0.510. The highest BCUT2D eigenvalue weighted by molar-refractivity contribution is 7.13. The summed E-state index contributed by atoms with van der Waals surface area (Å²) in [5.74, 6) is 0. The molecule has 2 aromatic rings. The molecule has 1 aromatic heterocycles. The molecule has 0 fully saturated rings. The summed E-state index contributed by atoms with van der Waals surface area (Å²) in [5, 5.41) is 11.6. The van der Waals surface area contributed by atoms with E-state index in [4.69, 9.17) is 5.26 Å². The number of nitrogens with zero attached hydrogens (tertiary/aromatic N) is 2. The minimum atomic E-state index is 0.510. The van der Waals surface area contributed by atoms with E-state index in [1.807, 2.05) is 17.5 Å². The molecule has 0 aliphatic rings. The second kappa shape index (κ2) is 5.37. The number of carbonyl (C=O) groups is 1. The highest BCUT2D eigenvalue weighted by Crippen LogP contribution is 2.24. The molecule has 4 heteroatoms. The molecule has 0 atom stereocenters. The zero-order valence-electron chi connectivity index (χ0n) is 9.09. The van der Waals surface area contributed by atoms with E-state index in [0.29, 0.717) is 18.4 Å². The van der Waals surface area contributed by atoms with Gasteiger partial charge in [-0.1, -0.05) is 12.1 Å². The maximum absolute atomic E-state index is 10.3. The smallest absolute Gasteiger partial charge is 0.123 e. The fourth-order valence-electron chi connectivity index (χ4n) is 1.45. The van der Waals surface area contributed by atoms with Crippen LogP contribution in [0.4, 0.5) is 0 Å². The lowest BCUT2D eigenvalue weighted by Gasteiger charge is -1.95. The average Bonchev–Trinajstić information content (AvgIpc) is 2.85.